The van der Waals surface area contributed by atoms with Crippen LogP contribution in [-0.4, -0.2) is 17.1 Å². The van der Waals surface area contributed by atoms with Crippen molar-refractivity contribution >= 4 is 34.8 Å². The summed E-state index contributed by atoms with van der Waals surface area (Å²) in [6.45, 7) is 5.60. The van der Waals surface area contributed by atoms with E-state index in [2.05, 4.69) is 24.4 Å². The fraction of sp³-hybridized carbons (Fsp3) is 0.519. The zero-order valence-electron chi connectivity index (χ0n) is 20.1. The first kappa shape index (κ1) is 27.3. The van der Waals surface area contributed by atoms with E-state index in [-0.39, 0.29) is 16.5 Å². The molecule has 0 aliphatic carbocycles. The Labute approximate surface area is 208 Å². The molecule has 1 amide bonds. The molecule has 1 atom stereocenters. The number of aromatic hydroxyl groups is 1. The van der Waals surface area contributed by atoms with Gasteiger partial charge in [-0.05, 0) is 56.0 Å². The Morgan fingerprint density at radius 2 is 1.58 bits per heavy atom. The van der Waals surface area contributed by atoms with Gasteiger partial charge in [-0.1, -0.05) is 93.6 Å². The van der Waals surface area contributed by atoms with Crippen LogP contribution >= 0.6 is 23.2 Å². The summed E-state index contributed by atoms with van der Waals surface area (Å²) >= 11 is 12.2. The topological polar surface area (TPSA) is 58.6 Å². The van der Waals surface area contributed by atoms with Crippen molar-refractivity contribution in [1.29, 1.82) is 0 Å². The van der Waals surface area contributed by atoms with E-state index in [0.717, 1.165) is 6.42 Å². The maximum atomic E-state index is 12.5. The Kier molecular flexibility index (Phi) is 11.9. The van der Waals surface area contributed by atoms with Gasteiger partial charge in [0, 0.05) is 5.02 Å². The van der Waals surface area contributed by atoms with Crippen molar-refractivity contribution in [2.45, 2.75) is 91.1 Å². The molecule has 0 spiro atoms. The number of hydrogen-bond acceptors (Lipinski definition) is 3. The normalized spacial score (nSPS) is 11.9. The monoisotopic (exact) mass is 493 g/mol. The van der Waals surface area contributed by atoms with E-state index in [1.165, 1.54) is 69.4 Å². The number of anilines is 1. The standard InChI is InChI=1S/C27H37Cl2NO3/c1-4-5-6-7-8-9-10-11-12-13-21-14-16-22(17-15-21)33-20(3)27(32)30-24-18-23(28)19(2)25(29)26(24)31/h14-18,20,31H,4-13H2,1-3H3,(H,30,32). The molecular weight excluding hydrogens is 457 g/mol. The lowest BCUT2D eigenvalue weighted by atomic mass is 10.0. The number of rotatable bonds is 14. The molecule has 4 nitrogen and oxygen atoms in total. The Hall–Kier alpha value is -1.91. The van der Waals surface area contributed by atoms with Gasteiger partial charge in [-0.25, -0.2) is 0 Å². The number of halogens is 2. The van der Waals surface area contributed by atoms with E-state index in [4.69, 9.17) is 27.9 Å². The lowest BCUT2D eigenvalue weighted by molar-refractivity contribution is -0.122. The van der Waals surface area contributed by atoms with Crippen molar-refractivity contribution in [3.8, 4) is 11.5 Å². The minimum Gasteiger partial charge on any atom is -0.504 e. The second-order valence-electron chi connectivity index (χ2n) is 8.67. The summed E-state index contributed by atoms with van der Waals surface area (Å²) in [5, 5.41) is 13.3. The molecule has 2 N–H and O–H groups in total. The van der Waals surface area contributed by atoms with Crippen molar-refractivity contribution in [3.05, 3.63) is 51.5 Å². The molecule has 0 radical (unpaired) electrons. The SMILES string of the molecule is CCCCCCCCCCCc1ccc(OC(C)C(=O)Nc2cc(Cl)c(C)c(Cl)c2O)cc1. The van der Waals surface area contributed by atoms with Gasteiger partial charge < -0.3 is 15.2 Å². The van der Waals surface area contributed by atoms with Crippen LogP contribution in [-0.2, 0) is 11.2 Å². The number of nitrogens with one attached hydrogen (secondary N) is 1. The van der Waals surface area contributed by atoms with Crippen molar-refractivity contribution in [2.24, 2.45) is 0 Å². The average Bonchev–Trinajstić information content (AvgIpc) is 2.81. The highest BCUT2D eigenvalue weighted by molar-refractivity contribution is 6.37. The molecule has 0 heterocycles. The van der Waals surface area contributed by atoms with Gasteiger partial charge in [0.25, 0.3) is 5.91 Å². The van der Waals surface area contributed by atoms with E-state index in [1.54, 1.807) is 13.8 Å². The van der Waals surface area contributed by atoms with Gasteiger partial charge in [0.2, 0.25) is 0 Å². The number of carbonyl (C=O) groups is 1. The minimum atomic E-state index is -0.758. The Morgan fingerprint density at radius 3 is 2.18 bits per heavy atom. The van der Waals surface area contributed by atoms with Gasteiger partial charge >= 0.3 is 0 Å². The second-order valence-corrected chi connectivity index (χ2v) is 9.45. The lowest BCUT2D eigenvalue weighted by Gasteiger charge is -2.17. The number of hydrogen-bond donors (Lipinski definition) is 2. The Morgan fingerprint density at radius 1 is 1.00 bits per heavy atom. The molecule has 0 aromatic heterocycles. The van der Waals surface area contributed by atoms with Crippen LogP contribution in [0.1, 0.15) is 82.8 Å². The summed E-state index contributed by atoms with van der Waals surface area (Å²) in [6.07, 6.45) is 12.2. The predicted molar refractivity (Wildman–Crippen MR) is 139 cm³/mol. The Balaban J connectivity index is 1.74. The van der Waals surface area contributed by atoms with Crippen LogP contribution in [0.2, 0.25) is 10.0 Å². The van der Waals surface area contributed by atoms with Gasteiger partial charge in [-0.3, -0.25) is 4.79 Å². The molecule has 2 aromatic carbocycles. The highest BCUT2D eigenvalue weighted by Gasteiger charge is 2.19. The maximum absolute atomic E-state index is 12.5. The highest BCUT2D eigenvalue weighted by Crippen LogP contribution is 2.38. The molecule has 2 aromatic rings. The van der Waals surface area contributed by atoms with Crippen LogP contribution in [0.25, 0.3) is 0 Å². The largest absolute Gasteiger partial charge is 0.504 e. The molecular formula is C27H37Cl2NO3. The van der Waals surface area contributed by atoms with E-state index >= 15 is 0 Å². The zero-order valence-corrected chi connectivity index (χ0v) is 21.6. The molecule has 0 saturated carbocycles. The van der Waals surface area contributed by atoms with Crippen LogP contribution < -0.4 is 10.1 Å². The van der Waals surface area contributed by atoms with E-state index in [9.17, 15) is 9.90 Å². The summed E-state index contributed by atoms with van der Waals surface area (Å²) < 4.78 is 5.77. The second kappa shape index (κ2) is 14.4. The first-order chi connectivity index (χ1) is 15.8. The molecule has 33 heavy (non-hydrogen) atoms. The molecule has 0 bridgehead atoms. The number of carbonyl (C=O) groups excluding carboxylic acids is 1. The quantitative estimate of drug-likeness (QED) is 0.205. The van der Waals surface area contributed by atoms with Crippen molar-refractivity contribution in [3.63, 3.8) is 0 Å². The zero-order chi connectivity index (χ0) is 24.2. The summed E-state index contributed by atoms with van der Waals surface area (Å²) in [4.78, 5) is 12.5. The molecule has 0 aliphatic rings. The molecule has 1 unspecified atom stereocenters. The number of ether oxygens (including phenoxy) is 1. The number of aryl methyl sites for hydroxylation is 1. The average molecular weight is 495 g/mol. The Bertz CT molecular complexity index is 884. The van der Waals surface area contributed by atoms with E-state index in [1.807, 2.05) is 12.1 Å². The summed E-state index contributed by atoms with van der Waals surface area (Å²) in [6, 6.07) is 9.37. The van der Waals surface area contributed by atoms with E-state index < -0.39 is 12.0 Å². The first-order valence-corrected chi connectivity index (χ1v) is 12.8. The molecule has 182 valence electrons. The van der Waals surface area contributed by atoms with E-state index in [0.29, 0.717) is 16.3 Å². The fourth-order valence-electron chi connectivity index (χ4n) is 3.67. The van der Waals surface area contributed by atoms with Gasteiger partial charge in [-0.15, -0.1) is 0 Å². The number of amides is 1. The lowest BCUT2D eigenvalue weighted by Crippen LogP contribution is -2.30. The number of unbranched alkanes of at least 4 members (excludes halogenated alkanes) is 8. The molecule has 6 heteroatoms. The predicted octanol–water partition coefficient (Wildman–Crippen LogP) is 8.49. The third kappa shape index (κ3) is 9.10. The number of phenolic OH excluding ortho intramolecular Hbond substituents is 1. The molecule has 2 rings (SSSR count). The van der Waals surface area contributed by atoms with Crippen LogP contribution in [0.15, 0.2) is 30.3 Å². The van der Waals surface area contributed by atoms with Gasteiger partial charge in [0.05, 0.1) is 10.7 Å². The van der Waals surface area contributed by atoms with Gasteiger partial charge in [0.1, 0.15) is 5.75 Å². The van der Waals surface area contributed by atoms with Crippen LogP contribution in [0.4, 0.5) is 5.69 Å². The summed E-state index contributed by atoms with van der Waals surface area (Å²) in [7, 11) is 0. The first-order valence-electron chi connectivity index (χ1n) is 12.1. The van der Waals surface area contributed by atoms with Crippen LogP contribution in [0.5, 0.6) is 11.5 Å². The maximum Gasteiger partial charge on any atom is 0.265 e. The minimum absolute atomic E-state index is 0.119. The summed E-state index contributed by atoms with van der Waals surface area (Å²) in [5.41, 5.74) is 1.99. The fourth-order valence-corrected chi connectivity index (χ4v) is 4.12. The number of phenols is 1. The van der Waals surface area contributed by atoms with Crippen molar-refractivity contribution in [2.75, 3.05) is 5.32 Å². The molecule has 0 aliphatic heterocycles. The third-order valence-electron chi connectivity index (χ3n) is 5.85. The van der Waals surface area contributed by atoms with Crippen molar-refractivity contribution in [1.82, 2.24) is 0 Å². The van der Waals surface area contributed by atoms with Crippen molar-refractivity contribution < 1.29 is 14.6 Å². The van der Waals surface area contributed by atoms with Gasteiger partial charge in [-0.2, -0.15) is 0 Å². The summed E-state index contributed by atoms with van der Waals surface area (Å²) in [5.74, 6) is 0.0118. The smallest absolute Gasteiger partial charge is 0.265 e. The van der Waals surface area contributed by atoms with Crippen LogP contribution in [0.3, 0.4) is 0 Å². The third-order valence-corrected chi connectivity index (χ3v) is 6.71. The molecule has 0 saturated heterocycles. The number of benzene rings is 2. The van der Waals surface area contributed by atoms with Crippen LogP contribution in [0, 0.1) is 6.92 Å². The highest BCUT2D eigenvalue weighted by atomic mass is 35.5. The van der Waals surface area contributed by atoms with Gasteiger partial charge in [0.15, 0.2) is 11.9 Å². The molecule has 0 fully saturated rings.